The van der Waals surface area contributed by atoms with Gasteiger partial charge >= 0.3 is 0 Å². The third kappa shape index (κ3) is 12.4. The van der Waals surface area contributed by atoms with Crippen molar-refractivity contribution >= 4 is 58.2 Å². The van der Waals surface area contributed by atoms with Gasteiger partial charge in [-0.2, -0.15) is 0 Å². The lowest BCUT2D eigenvalue weighted by atomic mass is 9.96. The van der Waals surface area contributed by atoms with E-state index in [-0.39, 0.29) is 32.4 Å². The number of aromatic nitrogens is 4. The van der Waals surface area contributed by atoms with E-state index in [0.29, 0.717) is 36.4 Å². The van der Waals surface area contributed by atoms with Gasteiger partial charge in [0.05, 0.1) is 31.1 Å². The van der Waals surface area contributed by atoms with Gasteiger partial charge in [-0.15, -0.1) is 5.10 Å². The second kappa shape index (κ2) is 22.6. The Morgan fingerprint density at radius 3 is 2.25 bits per heavy atom. The van der Waals surface area contributed by atoms with Gasteiger partial charge < -0.3 is 53.7 Å². The molecule has 12 N–H and O–H groups in total. The van der Waals surface area contributed by atoms with Crippen molar-refractivity contribution in [1.82, 2.24) is 51.5 Å². The summed E-state index contributed by atoms with van der Waals surface area (Å²) in [4.78, 5) is 114. The van der Waals surface area contributed by atoms with Crippen molar-refractivity contribution in [1.29, 1.82) is 0 Å². The van der Waals surface area contributed by atoms with Gasteiger partial charge in [-0.25, -0.2) is 4.68 Å². The number of carbonyl (C=O) groups is 8. The van der Waals surface area contributed by atoms with Crippen molar-refractivity contribution in [2.24, 2.45) is 23.1 Å². The minimum Gasteiger partial charge on any atom is -0.370 e. The fourth-order valence-corrected chi connectivity index (χ4v) is 8.55. The Kier molecular flexibility index (Phi) is 16.7. The Balaban J connectivity index is 1.39. The van der Waals surface area contributed by atoms with Crippen LogP contribution in [-0.4, -0.2) is 121 Å². The van der Waals surface area contributed by atoms with Gasteiger partial charge in [0.25, 0.3) is 0 Å². The van der Waals surface area contributed by atoms with Gasteiger partial charge in [-0.05, 0) is 48.3 Å². The van der Waals surface area contributed by atoms with Gasteiger partial charge in [0.15, 0.2) is 0 Å². The maximum Gasteiger partial charge on any atom is 0.246 e. The SMILES string of the molecule is CC[C@H](C)[C@@H]1NC(=O)[C@H](CC(N)=O)NC(=O)[C@@H](N)CC(=O)NCCCC[C@@H](C(N)=O)NC(=O)[C@H](Cc2c[nH]c3ccccc23)NC(=O)[C@@H]2C[C@H](n3cc(-c4ccc(C(C)C)cc4)nn3)CN2C1=O. The first-order chi connectivity index (χ1) is 32.4. The third-order valence-electron chi connectivity index (χ3n) is 12.8. The van der Waals surface area contributed by atoms with Crippen molar-refractivity contribution in [3.8, 4) is 11.3 Å². The molecule has 8 amide bonds. The Hall–Kier alpha value is -7.16. The molecular weight excluding hydrogens is 875 g/mol. The Morgan fingerprint density at radius 2 is 1.56 bits per heavy atom. The zero-order chi connectivity index (χ0) is 49.2. The van der Waals surface area contributed by atoms with Gasteiger partial charge in [0.2, 0.25) is 47.3 Å². The predicted octanol–water partition coefficient (Wildman–Crippen LogP) is 0.298. The predicted molar refractivity (Wildman–Crippen MR) is 250 cm³/mol. The molecule has 2 fully saturated rings. The van der Waals surface area contributed by atoms with Gasteiger partial charge in [0, 0.05) is 48.6 Å². The maximum absolute atomic E-state index is 15.0. The van der Waals surface area contributed by atoms with E-state index >= 15 is 4.79 Å². The summed E-state index contributed by atoms with van der Waals surface area (Å²) in [6.45, 7) is 7.77. The summed E-state index contributed by atoms with van der Waals surface area (Å²) < 4.78 is 1.58. The molecule has 364 valence electrons. The number of hydrogen-bond acceptors (Lipinski definition) is 11. The van der Waals surface area contributed by atoms with E-state index in [4.69, 9.17) is 17.2 Å². The highest BCUT2D eigenvalue weighted by Gasteiger charge is 2.45. The Morgan fingerprint density at radius 1 is 0.853 bits per heavy atom. The van der Waals surface area contributed by atoms with Crippen LogP contribution in [0.2, 0.25) is 0 Å². The standard InChI is InChI=1S/C47H63N13O8/c1-5-26(4)41-47(68)59-23-30(60-24-37(57-58-60)28-15-13-27(14-16-28)25(2)3)19-38(59)46(67)55-35(18-29-22-52-33-11-7-6-10-31(29)33)44(65)53-34(42(50)63)12-8-9-17-51-40(62)20-32(48)43(64)54-36(21-39(49)61)45(66)56-41/h6-7,10-11,13-16,22,24-26,30,32,34-36,38,41,52H,5,8-9,12,17-21,23,48H2,1-4H3,(H2,49,61)(H2,50,63)(H,51,62)(H,53,65)(H,54,64)(H,55,67)(H,56,66)/t26-,30-,32-,34-,35-,36-,38-,41-/m0/s1. The Labute approximate surface area is 393 Å². The summed E-state index contributed by atoms with van der Waals surface area (Å²) in [6, 6.07) is 6.75. The molecule has 0 bridgehead atoms. The smallest absolute Gasteiger partial charge is 0.246 e. The normalized spacial score (nSPS) is 24.6. The number of nitrogens with zero attached hydrogens (tertiary/aromatic N) is 4. The molecule has 0 saturated carbocycles. The summed E-state index contributed by atoms with van der Waals surface area (Å²) >= 11 is 0. The van der Waals surface area contributed by atoms with Gasteiger partial charge in [-0.1, -0.05) is 81.8 Å². The van der Waals surface area contributed by atoms with Crippen molar-refractivity contribution in [3.63, 3.8) is 0 Å². The van der Waals surface area contributed by atoms with Crippen LogP contribution in [0, 0.1) is 5.92 Å². The van der Waals surface area contributed by atoms with E-state index < -0.39 is 108 Å². The van der Waals surface area contributed by atoms with E-state index in [1.165, 1.54) is 4.90 Å². The third-order valence-corrected chi connectivity index (χ3v) is 12.8. The van der Waals surface area contributed by atoms with Crippen LogP contribution in [-0.2, 0) is 44.8 Å². The number of benzene rings is 2. The van der Waals surface area contributed by atoms with Crippen molar-refractivity contribution < 1.29 is 38.4 Å². The van der Waals surface area contributed by atoms with E-state index in [9.17, 15) is 33.6 Å². The van der Waals surface area contributed by atoms with Crippen molar-refractivity contribution in [3.05, 3.63) is 72.1 Å². The molecule has 6 rings (SSSR count). The van der Waals surface area contributed by atoms with Crippen molar-refractivity contribution in [2.75, 3.05) is 13.1 Å². The number of nitrogens with one attached hydrogen (secondary N) is 6. The first-order valence-corrected chi connectivity index (χ1v) is 23.1. The summed E-state index contributed by atoms with van der Waals surface area (Å²) in [5.74, 6) is -6.48. The minimum atomic E-state index is -1.58. The minimum absolute atomic E-state index is 0.0180. The van der Waals surface area contributed by atoms with E-state index in [0.717, 1.165) is 22.0 Å². The van der Waals surface area contributed by atoms with Crippen LogP contribution < -0.4 is 43.8 Å². The molecule has 4 aromatic rings. The lowest BCUT2D eigenvalue weighted by Crippen LogP contribution is -2.60. The number of carbonyl (C=O) groups excluding carboxylic acids is 8. The summed E-state index contributed by atoms with van der Waals surface area (Å²) in [6.07, 6.45) is 3.47. The van der Waals surface area contributed by atoms with Crippen molar-refractivity contribution in [2.45, 2.75) is 127 Å². The number of aromatic amines is 1. The lowest BCUT2D eigenvalue weighted by Gasteiger charge is -2.33. The zero-order valence-corrected chi connectivity index (χ0v) is 38.8. The van der Waals surface area contributed by atoms with Gasteiger partial charge in [0.1, 0.15) is 35.9 Å². The van der Waals surface area contributed by atoms with Gasteiger partial charge in [-0.3, -0.25) is 38.4 Å². The quantitative estimate of drug-likeness (QED) is 0.104. The molecule has 2 aromatic heterocycles. The topological polar surface area (TPSA) is 325 Å². The van der Waals surface area contributed by atoms with E-state index in [1.54, 1.807) is 30.9 Å². The first-order valence-electron chi connectivity index (χ1n) is 23.1. The first kappa shape index (κ1) is 50.3. The number of H-pyrrole nitrogens is 1. The highest BCUT2D eigenvalue weighted by Crippen LogP contribution is 2.31. The fourth-order valence-electron chi connectivity index (χ4n) is 8.55. The summed E-state index contributed by atoms with van der Waals surface area (Å²) in [5, 5.41) is 23.0. The second-order valence-corrected chi connectivity index (χ2v) is 18.1. The number of hydrogen-bond donors (Lipinski definition) is 9. The highest BCUT2D eigenvalue weighted by atomic mass is 16.2. The second-order valence-electron chi connectivity index (χ2n) is 18.1. The van der Waals surface area contributed by atoms with Crippen LogP contribution in [0.3, 0.4) is 0 Å². The summed E-state index contributed by atoms with van der Waals surface area (Å²) in [7, 11) is 0. The highest BCUT2D eigenvalue weighted by molar-refractivity contribution is 5.99. The van der Waals surface area contributed by atoms with E-state index in [1.807, 2.05) is 48.5 Å². The number of fused-ring (bicyclic) bond motifs is 2. The monoisotopic (exact) mass is 937 g/mol. The fraction of sp³-hybridized carbons (Fsp3) is 0.489. The summed E-state index contributed by atoms with van der Waals surface area (Å²) in [5.41, 5.74) is 21.3. The van der Waals surface area contributed by atoms with Crippen LogP contribution in [0.25, 0.3) is 22.2 Å². The molecule has 2 aromatic carbocycles. The molecule has 21 nitrogen and oxygen atoms in total. The van der Waals surface area contributed by atoms with E-state index in [2.05, 4.69) is 55.7 Å². The number of para-hydroxylation sites is 1. The molecule has 2 saturated heterocycles. The Bertz CT molecular complexity index is 2490. The number of primary amides is 2. The van der Waals surface area contributed by atoms with Crippen LogP contribution in [0.5, 0.6) is 0 Å². The number of amides is 8. The molecule has 4 heterocycles. The maximum atomic E-state index is 15.0. The molecule has 0 unspecified atom stereocenters. The molecule has 2 aliphatic heterocycles. The lowest BCUT2D eigenvalue weighted by molar-refractivity contribution is -0.143. The molecule has 21 heteroatoms. The largest absolute Gasteiger partial charge is 0.370 e. The molecule has 68 heavy (non-hydrogen) atoms. The average molecular weight is 938 g/mol. The zero-order valence-electron chi connectivity index (χ0n) is 38.8. The average Bonchev–Trinajstić information content (AvgIpc) is 4.08. The van der Waals surface area contributed by atoms with Crippen LogP contribution in [0.1, 0.15) is 95.7 Å². The van der Waals surface area contributed by atoms with Crippen LogP contribution in [0.4, 0.5) is 0 Å². The molecular formula is C47H63N13O8. The number of nitrogens with two attached hydrogens (primary N) is 3. The molecule has 0 spiro atoms. The van der Waals surface area contributed by atoms with Crippen LogP contribution in [0.15, 0.2) is 60.9 Å². The molecule has 2 aliphatic rings. The molecule has 8 atom stereocenters. The molecule has 0 aliphatic carbocycles. The van der Waals surface area contributed by atoms with Crippen LogP contribution >= 0.6 is 0 Å². The molecule has 0 radical (unpaired) electrons. The number of rotatable bonds is 10.